The molecule has 2 heterocycles. The fourth-order valence-corrected chi connectivity index (χ4v) is 2.84. The third-order valence-corrected chi connectivity index (χ3v) is 3.86. The van der Waals surface area contributed by atoms with Gasteiger partial charge in [-0.2, -0.15) is 4.85 Å². The van der Waals surface area contributed by atoms with Crippen LogP contribution in [-0.4, -0.2) is 27.9 Å². The zero-order chi connectivity index (χ0) is 15.7. The van der Waals surface area contributed by atoms with Crippen molar-refractivity contribution in [3.8, 4) is 5.69 Å². The van der Waals surface area contributed by atoms with Gasteiger partial charge in [0.05, 0.1) is 13.1 Å². The lowest BCUT2D eigenvalue weighted by Crippen LogP contribution is -2.46. The maximum Gasteiger partial charge on any atom is 0.428 e. The van der Waals surface area contributed by atoms with Gasteiger partial charge < -0.3 is 15.3 Å². The van der Waals surface area contributed by atoms with E-state index in [-0.39, 0.29) is 5.82 Å². The van der Waals surface area contributed by atoms with E-state index in [0.717, 1.165) is 17.6 Å². The Balaban J connectivity index is 2.08. The molecule has 1 aromatic heterocycles. The summed E-state index contributed by atoms with van der Waals surface area (Å²) in [6.45, 7) is 3.34. The molecular weight excluding hydrogens is 286 g/mol. The van der Waals surface area contributed by atoms with Crippen LogP contribution in [0.1, 0.15) is 19.8 Å². The number of para-hydroxylation sites is 1. The van der Waals surface area contributed by atoms with Gasteiger partial charge in [0, 0.05) is 5.10 Å². The van der Waals surface area contributed by atoms with Crippen LogP contribution in [0, 0.1) is 21.2 Å². The number of piperidine rings is 1. The standard InChI is InChI=1S/C14H17N5O3/c1-11-6-5-9-16(10-11)14-13(19(21)22)15-17(18(14)20)12-7-3-2-4-8-12/h2-4,7-8,11H,5-6,9-10H2,1H3/t11-/m0/s1. The van der Waals surface area contributed by atoms with Gasteiger partial charge in [-0.05, 0) is 35.8 Å². The number of nitrogens with zero attached hydrogens (tertiary/aromatic N) is 5. The van der Waals surface area contributed by atoms with E-state index in [2.05, 4.69) is 12.0 Å². The summed E-state index contributed by atoms with van der Waals surface area (Å²) in [5, 5.41) is 27.8. The number of hydrogen-bond acceptors (Lipinski definition) is 5. The fourth-order valence-electron chi connectivity index (χ4n) is 2.84. The van der Waals surface area contributed by atoms with E-state index in [1.807, 2.05) is 6.07 Å². The minimum Gasteiger partial charge on any atom is -0.723 e. The average Bonchev–Trinajstić information content (AvgIpc) is 2.86. The van der Waals surface area contributed by atoms with E-state index in [4.69, 9.17) is 0 Å². The second-order valence-corrected chi connectivity index (χ2v) is 5.60. The van der Waals surface area contributed by atoms with Crippen molar-refractivity contribution < 1.29 is 9.77 Å². The van der Waals surface area contributed by atoms with Crippen LogP contribution in [-0.2, 0) is 0 Å². The van der Waals surface area contributed by atoms with Crippen molar-refractivity contribution in [2.45, 2.75) is 19.8 Å². The molecule has 0 amide bonds. The van der Waals surface area contributed by atoms with Crippen LogP contribution in [0.5, 0.6) is 0 Å². The van der Waals surface area contributed by atoms with Crippen molar-refractivity contribution >= 4 is 11.6 Å². The molecule has 2 aromatic rings. The zero-order valence-electron chi connectivity index (χ0n) is 12.3. The van der Waals surface area contributed by atoms with E-state index in [0.29, 0.717) is 29.5 Å². The molecule has 3 rings (SSSR count). The highest BCUT2D eigenvalue weighted by Gasteiger charge is 2.34. The molecule has 1 fully saturated rings. The Labute approximate surface area is 127 Å². The van der Waals surface area contributed by atoms with Crippen LogP contribution in [0.4, 0.5) is 11.6 Å². The number of hydrogen-bond donors (Lipinski definition) is 0. The Hall–Kier alpha value is -2.64. The lowest BCUT2D eigenvalue weighted by Gasteiger charge is -2.28. The van der Waals surface area contributed by atoms with Gasteiger partial charge in [-0.1, -0.05) is 29.9 Å². The molecule has 22 heavy (non-hydrogen) atoms. The molecule has 0 unspecified atom stereocenters. The van der Waals surface area contributed by atoms with Gasteiger partial charge in [0.1, 0.15) is 5.69 Å². The Morgan fingerprint density at radius 2 is 2.09 bits per heavy atom. The highest BCUT2D eigenvalue weighted by Crippen LogP contribution is 2.27. The first kappa shape index (κ1) is 14.3. The minimum absolute atomic E-state index is 0.0282. The molecule has 0 radical (unpaired) electrons. The van der Waals surface area contributed by atoms with Gasteiger partial charge in [-0.15, -0.1) is 0 Å². The molecule has 1 aliphatic rings. The SMILES string of the molecule is C[C@H]1CCCN(c2c([N+](=O)[O-])nn(-c3ccccc3)[n+]2[O-])C1. The minimum atomic E-state index is -0.595. The van der Waals surface area contributed by atoms with Gasteiger partial charge in [0.15, 0.2) is 0 Å². The summed E-state index contributed by atoms with van der Waals surface area (Å²) in [5.74, 6) is 0.0294. The molecule has 1 aromatic carbocycles. The third kappa shape index (κ3) is 2.47. The normalized spacial score (nSPS) is 18.4. The van der Waals surface area contributed by atoms with Gasteiger partial charge in [-0.25, -0.2) is 0 Å². The zero-order valence-corrected chi connectivity index (χ0v) is 12.3. The van der Waals surface area contributed by atoms with E-state index < -0.39 is 10.7 Å². The van der Waals surface area contributed by atoms with E-state index in [9.17, 15) is 15.3 Å². The van der Waals surface area contributed by atoms with Crippen molar-refractivity contribution in [2.75, 3.05) is 18.0 Å². The van der Waals surface area contributed by atoms with Crippen LogP contribution in [0.15, 0.2) is 30.3 Å². The second-order valence-electron chi connectivity index (χ2n) is 5.60. The van der Waals surface area contributed by atoms with E-state index >= 15 is 0 Å². The first-order valence-corrected chi connectivity index (χ1v) is 7.25. The van der Waals surface area contributed by atoms with Crippen LogP contribution in [0.25, 0.3) is 5.69 Å². The van der Waals surface area contributed by atoms with Crippen molar-refractivity contribution in [3.63, 3.8) is 0 Å². The summed E-state index contributed by atoms with van der Waals surface area (Å²) >= 11 is 0. The highest BCUT2D eigenvalue weighted by molar-refractivity contribution is 5.49. The largest absolute Gasteiger partial charge is 0.723 e. The maximum absolute atomic E-state index is 12.6. The molecule has 0 bridgehead atoms. The Morgan fingerprint density at radius 1 is 1.36 bits per heavy atom. The number of benzene rings is 1. The van der Waals surface area contributed by atoms with Crippen LogP contribution in [0.2, 0.25) is 0 Å². The molecule has 1 saturated heterocycles. The van der Waals surface area contributed by atoms with E-state index in [1.54, 1.807) is 29.2 Å². The molecule has 8 nitrogen and oxygen atoms in total. The fraction of sp³-hybridized carbons (Fsp3) is 0.429. The Bertz CT molecular complexity index is 685. The number of rotatable bonds is 3. The number of anilines is 1. The second kappa shape index (κ2) is 5.63. The molecule has 0 saturated carbocycles. The molecule has 116 valence electrons. The average molecular weight is 303 g/mol. The summed E-state index contributed by atoms with van der Waals surface area (Å²) in [6.07, 6.45) is 1.98. The summed E-state index contributed by atoms with van der Waals surface area (Å²) in [5.41, 5.74) is 0.497. The smallest absolute Gasteiger partial charge is 0.428 e. The van der Waals surface area contributed by atoms with Crippen molar-refractivity contribution in [3.05, 3.63) is 45.7 Å². The van der Waals surface area contributed by atoms with Gasteiger partial charge >= 0.3 is 11.6 Å². The van der Waals surface area contributed by atoms with Crippen molar-refractivity contribution in [2.24, 2.45) is 5.92 Å². The first-order chi connectivity index (χ1) is 10.6. The first-order valence-electron chi connectivity index (χ1n) is 7.25. The molecule has 0 N–H and O–H groups in total. The van der Waals surface area contributed by atoms with Crippen LogP contribution >= 0.6 is 0 Å². The van der Waals surface area contributed by atoms with E-state index in [1.165, 1.54) is 0 Å². The molecular formula is C14H17N5O3. The number of aromatic nitrogens is 3. The van der Waals surface area contributed by atoms with Crippen LogP contribution < -0.4 is 9.75 Å². The molecule has 0 aliphatic carbocycles. The summed E-state index contributed by atoms with van der Waals surface area (Å²) < 4.78 is 0. The molecule has 1 aliphatic heterocycles. The van der Waals surface area contributed by atoms with Gasteiger partial charge in [0.2, 0.25) is 0 Å². The van der Waals surface area contributed by atoms with Crippen LogP contribution in [0.3, 0.4) is 0 Å². The van der Waals surface area contributed by atoms with Gasteiger partial charge in [0.25, 0.3) is 0 Å². The lowest BCUT2D eigenvalue weighted by atomic mass is 10.0. The molecule has 1 atom stereocenters. The quantitative estimate of drug-likeness (QED) is 0.372. The summed E-state index contributed by atoms with van der Waals surface area (Å²) in [7, 11) is 0. The maximum atomic E-state index is 12.6. The lowest BCUT2D eigenvalue weighted by molar-refractivity contribution is -0.677. The van der Waals surface area contributed by atoms with Crippen molar-refractivity contribution in [1.29, 1.82) is 0 Å². The van der Waals surface area contributed by atoms with Gasteiger partial charge in [-0.3, -0.25) is 4.90 Å². The van der Waals surface area contributed by atoms with Crippen molar-refractivity contribution in [1.82, 2.24) is 9.90 Å². The highest BCUT2D eigenvalue weighted by atomic mass is 16.6. The number of nitro groups is 1. The molecule has 8 heteroatoms. The monoisotopic (exact) mass is 303 g/mol. The summed E-state index contributed by atoms with van der Waals surface area (Å²) in [6, 6.07) is 8.70. The predicted molar refractivity (Wildman–Crippen MR) is 79.8 cm³/mol. The molecule has 0 spiro atoms. The topological polar surface area (TPSA) is 91.1 Å². The third-order valence-electron chi connectivity index (χ3n) is 3.86. The predicted octanol–water partition coefficient (Wildman–Crippen LogP) is 1.65. The Kier molecular flexibility index (Phi) is 3.66. The Morgan fingerprint density at radius 3 is 2.73 bits per heavy atom. The summed E-state index contributed by atoms with van der Waals surface area (Å²) in [4.78, 5) is 14.0.